The lowest BCUT2D eigenvalue weighted by atomic mass is 10.2. The maximum Gasteiger partial charge on any atom is 0.247 e. The second-order valence-electron chi connectivity index (χ2n) is 6.59. The molecule has 0 fully saturated rings. The molecule has 0 aromatic carbocycles. The van der Waals surface area contributed by atoms with Crippen molar-refractivity contribution in [1.82, 2.24) is 4.90 Å². The number of sulfone groups is 1. The summed E-state index contributed by atoms with van der Waals surface area (Å²) in [6.07, 6.45) is 0.402. The van der Waals surface area contributed by atoms with Crippen molar-refractivity contribution in [3.63, 3.8) is 0 Å². The van der Waals surface area contributed by atoms with Crippen LogP contribution in [0.25, 0.3) is 0 Å². The van der Waals surface area contributed by atoms with Crippen LogP contribution in [0.15, 0.2) is 14.5 Å². The molecule has 1 aliphatic rings. The van der Waals surface area contributed by atoms with E-state index >= 15 is 0 Å². The van der Waals surface area contributed by atoms with Crippen molar-refractivity contribution in [2.75, 3.05) is 72.1 Å². The van der Waals surface area contributed by atoms with Gasteiger partial charge < -0.3 is 19.5 Å². The van der Waals surface area contributed by atoms with Crippen LogP contribution >= 0.6 is 23.7 Å². The summed E-state index contributed by atoms with van der Waals surface area (Å²) in [7, 11) is -4.36. The number of halogens is 1. The highest BCUT2D eigenvalue weighted by Gasteiger charge is 2.37. The number of hydrogen-bond acceptors (Lipinski definition) is 10. The predicted molar refractivity (Wildman–Crippen MR) is 118 cm³/mol. The van der Waals surface area contributed by atoms with Gasteiger partial charge in [0.05, 0.1) is 37.4 Å². The van der Waals surface area contributed by atoms with Gasteiger partial charge in [-0.3, -0.25) is 4.90 Å². The number of sulfonamides is 1. The predicted octanol–water partition coefficient (Wildman–Crippen LogP) is 0.387. The highest BCUT2D eigenvalue weighted by atomic mass is 35.5. The molecule has 0 radical (unpaired) electrons. The fraction of sp³-hybridized carbons (Fsp3) is 0.750. The van der Waals surface area contributed by atoms with Crippen LogP contribution in [0.5, 0.6) is 0 Å². The van der Waals surface area contributed by atoms with Crippen molar-refractivity contribution in [2.24, 2.45) is 5.14 Å². The normalized spacial score (nSPS) is 17.9. The minimum Gasteiger partial charge on any atom is -0.383 e. The molecule has 0 spiro atoms. The Kier molecular flexibility index (Phi) is 11.5. The van der Waals surface area contributed by atoms with E-state index in [0.717, 1.165) is 0 Å². The summed E-state index contributed by atoms with van der Waals surface area (Å²) in [5.74, 6) is 0. The number of nitrogens with one attached hydrogen (secondary N) is 1. The summed E-state index contributed by atoms with van der Waals surface area (Å²) >= 11 is 0.694. The lowest BCUT2D eigenvalue weighted by Gasteiger charge is -2.27. The molecule has 0 saturated carbocycles. The number of rotatable bonds is 13. The van der Waals surface area contributed by atoms with Crippen LogP contribution in [-0.4, -0.2) is 93.8 Å². The molecule has 30 heavy (non-hydrogen) atoms. The second kappa shape index (κ2) is 12.5. The van der Waals surface area contributed by atoms with Gasteiger partial charge >= 0.3 is 0 Å². The molecular weight excluding hydrogens is 478 g/mol. The summed E-state index contributed by atoms with van der Waals surface area (Å²) in [4.78, 5) is 2.09. The van der Waals surface area contributed by atoms with Gasteiger partial charge in [0.15, 0.2) is 9.84 Å². The zero-order chi connectivity index (χ0) is 21.5. The van der Waals surface area contributed by atoms with Crippen LogP contribution in [0.1, 0.15) is 6.42 Å². The summed E-state index contributed by atoms with van der Waals surface area (Å²) in [5, 5.41) is 7.51. The molecule has 0 amide bonds. The van der Waals surface area contributed by atoms with Gasteiger partial charge in [-0.2, -0.15) is 0 Å². The standard InChI is InChI=1S/C16H29N3O7S3.ClH/c1-24-7-5-19(6-8-26-10-9-25-2)4-3-13-12-18-14-11-15(29(17,22)23)27-16(14)28(13,20)21;/h11,13,18H,3-10,12H2,1-2H3,(H2,17,22,23);1H. The lowest BCUT2D eigenvalue weighted by Crippen LogP contribution is -2.39. The van der Waals surface area contributed by atoms with E-state index < -0.39 is 25.1 Å². The highest BCUT2D eigenvalue weighted by Crippen LogP contribution is 2.39. The maximum absolute atomic E-state index is 13.0. The number of primary sulfonamides is 1. The van der Waals surface area contributed by atoms with E-state index in [1.807, 2.05) is 0 Å². The topological polar surface area (TPSA) is 137 Å². The first-order valence-corrected chi connectivity index (χ1v) is 13.0. The van der Waals surface area contributed by atoms with E-state index in [-0.39, 0.29) is 27.4 Å². The maximum atomic E-state index is 13.0. The Bertz CT molecular complexity index is 861. The number of hydrogen-bond donors (Lipinski definition) is 2. The van der Waals surface area contributed by atoms with Gasteiger partial charge in [0.2, 0.25) is 10.0 Å². The number of anilines is 1. The smallest absolute Gasteiger partial charge is 0.247 e. The van der Waals surface area contributed by atoms with Crippen molar-refractivity contribution >= 4 is 49.3 Å². The Balaban J connectivity index is 0.00000450. The van der Waals surface area contributed by atoms with Gasteiger partial charge in [-0.1, -0.05) is 0 Å². The van der Waals surface area contributed by atoms with Gasteiger partial charge in [-0.05, 0) is 19.0 Å². The summed E-state index contributed by atoms with van der Waals surface area (Å²) < 4.78 is 64.5. The first-order valence-electron chi connectivity index (χ1n) is 9.12. The molecular formula is C16H30ClN3O7S3. The van der Waals surface area contributed by atoms with Gasteiger partial charge in [-0.15, -0.1) is 23.7 Å². The molecule has 10 nitrogen and oxygen atoms in total. The van der Waals surface area contributed by atoms with Crippen molar-refractivity contribution < 1.29 is 31.0 Å². The largest absolute Gasteiger partial charge is 0.383 e. The van der Waals surface area contributed by atoms with E-state index in [0.29, 0.717) is 69.5 Å². The van der Waals surface area contributed by atoms with Crippen LogP contribution in [0.4, 0.5) is 5.69 Å². The third-order valence-corrected chi connectivity index (χ3v) is 9.85. The second-order valence-corrected chi connectivity index (χ2v) is 11.9. The molecule has 0 bridgehead atoms. The Morgan fingerprint density at radius 1 is 1.17 bits per heavy atom. The molecule has 0 aliphatic carbocycles. The fourth-order valence-corrected chi connectivity index (χ4v) is 7.25. The molecule has 14 heteroatoms. The van der Waals surface area contributed by atoms with Crippen LogP contribution in [0.2, 0.25) is 0 Å². The Hall–Kier alpha value is -0.510. The zero-order valence-corrected chi connectivity index (χ0v) is 20.3. The van der Waals surface area contributed by atoms with Crippen LogP contribution in [-0.2, 0) is 34.1 Å². The first kappa shape index (κ1) is 27.5. The quantitative estimate of drug-likeness (QED) is 0.363. The van der Waals surface area contributed by atoms with Gasteiger partial charge in [0.1, 0.15) is 8.42 Å². The molecule has 3 N–H and O–H groups in total. The van der Waals surface area contributed by atoms with E-state index in [1.165, 1.54) is 6.07 Å². The number of methoxy groups -OCH3 is 2. The van der Waals surface area contributed by atoms with Gasteiger partial charge in [-0.25, -0.2) is 22.0 Å². The van der Waals surface area contributed by atoms with E-state index in [9.17, 15) is 16.8 Å². The molecule has 1 unspecified atom stereocenters. The molecule has 1 aliphatic heterocycles. The van der Waals surface area contributed by atoms with E-state index in [1.54, 1.807) is 14.2 Å². The Labute approximate surface area is 188 Å². The highest BCUT2D eigenvalue weighted by molar-refractivity contribution is 7.95. The van der Waals surface area contributed by atoms with Crippen LogP contribution < -0.4 is 10.5 Å². The Morgan fingerprint density at radius 3 is 2.47 bits per heavy atom. The van der Waals surface area contributed by atoms with Crippen molar-refractivity contribution in [3.8, 4) is 0 Å². The number of nitrogens with zero attached hydrogens (tertiary/aromatic N) is 1. The average molecular weight is 508 g/mol. The van der Waals surface area contributed by atoms with Crippen LogP contribution in [0.3, 0.4) is 0 Å². The van der Waals surface area contributed by atoms with E-state index in [2.05, 4.69) is 10.2 Å². The minimum absolute atomic E-state index is 0. The Morgan fingerprint density at radius 2 is 1.83 bits per heavy atom. The fourth-order valence-electron chi connectivity index (χ4n) is 2.89. The molecule has 2 rings (SSSR count). The van der Waals surface area contributed by atoms with Gasteiger partial charge in [0, 0.05) is 33.9 Å². The van der Waals surface area contributed by atoms with Crippen molar-refractivity contribution in [2.45, 2.75) is 20.1 Å². The van der Waals surface area contributed by atoms with Crippen molar-refractivity contribution in [3.05, 3.63) is 6.07 Å². The third-order valence-electron chi connectivity index (χ3n) is 4.54. The summed E-state index contributed by atoms with van der Waals surface area (Å²) in [6, 6.07) is 1.28. The zero-order valence-electron chi connectivity index (χ0n) is 17.0. The SMILES string of the molecule is COCCOCCN(CCOC)CCC1CNc2cc(S(N)(=O)=O)sc2S1(=O)=O.Cl. The van der Waals surface area contributed by atoms with E-state index in [4.69, 9.17) is 19.3 Å². The van der Waals surface area contributed by atoms with Gasteiger partial charge in [0.25, 0.3) is 0 Å². The molecule has 176 valence electrons. The average Bonchev–Trinajstić information content (AvgIpc) is 3.10. The number of ether oxygens (including phenoxy) is 3. The molecule has 1 aromatic rings. The summed E-state index contributed by atoms with van der Waals surface area (Å²) in [5.41, 5.74) is 0.304. The molecule has 1 atom stereocenters. The number of nitrogens with two attached hydrogens (primary N) is 1. The minimum atomic E-state index is -3.95. The molecule has 2 heterocycles. The monoisotopic (exact) mass is 507 g/mol. The molecule has 0 saturated heterocycles. The molecule has 1 aromatic heterocycles. The number of thiophene rings is 1. The lowest BCUT2D eigenvalue weighted by molar-refractivity contribution is 0.0520. The summed E-state index contributed by atoms with van der Waals surface area (Å²) in [6.45, 7) is 4.13. The number of fused-ring (bicyclic) bond motifs is 1. The van der Waals surface area contributed by atoms with Crippen molar-refractivity contribution in [1.29, 1.82) is 0 Å². The van der Waals surface area contributed by atoms with Crippen LogP contribution in [0, 0.1) is 0 Å². The third kappa shape index (κ3) is 7.57. The first-order chi connectivity index (χ1) is 13.7.